The lowest BCUT2D eigenvalue weighted by Gasteiger charge is -2.18. The number of benzene rings is 2. The first kappa shape index (κ1) is 16.8. The van der Waals surface area contributed by atoms with Gasteiger partial charge in [-0.2, -0.15) is 0 Å². The van der Waals surface area contributed by atoms with Gasteiger partial charge in [-0.15, -0.1) is 0 Å². The Morgan fingerprint density at radius 3 is 2.39 bits per heavy atom. The normalized spacial score (nSPS) is 11.6. The largest absolute Gasteiger partial charge is 0.497 e. The highest BCUT2D eigenvalue weighted by Crippen LogP contribution is 2.20. The Morgan fingerprint density at radius 1 is 1.09 bits per heavy atom. The van der Waals surface area contributed by atoms with E-state index in [4.69, 9.17) is 9.47 Å². The molecule has 2 rings (SSSR count). The molecule has 1 atom stereocenters. The molecule has 0 bridgehead atoms. The van der Waals surface area contributed by atoms with Crippen LogP contribution in [0.15, 0.2) is 48.5 Å². The third-order valence-electron chi connectivity index (χ3n) is 3.62. The second-order valence-corrected chi connectivity index (χ2v) is 5.14. The zero-order chi connectivity index (χ0) is 16.7. The van der Waals surface area contributed by atoms with Crippen molar-refractivity contribution in [3.63, 3.8) is 0 Å². The first-order valence-electron chi connectivity index (χ1n) is 7.41. The third-order valence-corrected chi connectivity index (χ3v) is 3.62. The van der Waals surface area contributed by atoms with E-state index in [1.54, 1.807) is 38.5 Å². The molecule has 0 aliphatic rings. The summed E-state index contributed by atoms with van der Waals surface area (Å²) in [7, 11) is 3.24. The van der Waals surface area contributed by atoms with E-state index in [9.17, 15) is 4.79 Å². The van der Waals surface area contributed by atoms with E-state index in [2.05, 4.69) is 10.6 Å². The average Bonchev–Trinajstić information content (AvgIpc) is 2.57. The summed E-state index contributed by atoms with van der Waals surface area (Å²) in [6, 6.07) is 14.9. The van der Waals surface area contributed by atoms with Crippen molar-refractivity contribution in [2.75, 3.05) is 26.1 Å². The van der Waals surface area contributed by atoms with Crippen LogP contribution in [-0.2, 0) is 4.74 Å². The van der Waals surface area contributed by atoms with Crippen molar-refractivity contribution in [3.05, 3.63) is 59.7 Å². The number of ether oxygens (including phenoxy) is 2. The van der Waals surface area contributed by atoms with Crippen LogP contribution in [0.3, 0.4) is 0 Å². The van der Waals surface area contributed by atoms with Gasteiger partial charge in [0, 0.05) is 19.3 Å². The molecule has 23 heavy (non-hydrogen) atoms. The Balaban J connectivity index is 1.90. The molecule has 2 aromatic rings. The van der Waals surface area contributed by atoms with E-state index in [1.807, 2.05) is 31.2 Å². The molecule has 0 fully saturated rings. The van der Waals surface area contributed by atoms with E-state index >= 15 is 0 Å². The lowest BCUT2D eigenvalue weighted by Crippen LogP contribution is -2.33. The summed E-state index contributed by atoms with van der Waals surface area (Å²) < 4.78 is 10.6. The topological polar surface area (TPSA) is 59.6 Å². The van der Waals surface area contributed by atoms with Gasteiger partial charge in [0.1, 0.15) is 5.75 Å². The van der Waals surface area contributed by atoms with Gasteiger partial charge >= 0.3 is 6.03 Å². The summed E-state index contributed by atoms with van der Waals surface area (Å²) in [4.78, 5) is 12.0. The molecule has 2 N–H and O–H groups in total. The Bertz CT molecular complexity index is 641. The molecule has 0 aromatic heterocycles. The van der Waals surface area contributed by atoms with Crippen LogP contribution < -0.4 is 15.4 Å². The minimum atomic E-state index is -0.272. The number of carbonyl (C=O) groups excluding carboxylic acids is 1. The van der Waals surface area contributed by atoms with E-state index in [0.717, 1.165) is 16.9 Å². The molecule has 2 amide bonds. The summed E-state index contributed by atoms with van der Waals surface area (Å²) >= 11 is 0. The van der Waals surface area contributed by atoms with Crippen LogP contribution in [0.2, 0.25) is 0 Å². The Morgan fingerprint density at radius 2 is 1.78 bits per heavy atom. The quantitative estimate of drug-likeness (QED) is 0.858. The summed E-state index contributed by atoms with van der Waals surface area (Å²) in [5, 5.41) is 5.61. The predicted molar refractivity (Wildman–Crippen MR) is 90.9 cm³/mol. The second-order valence-electron chi connectivity index (χ2n) is 5.14. The van der Waals surface area contributed by atoms with E-state index in [1.165, 1.54) is 0 Å². The Hall–Kier alpha value is -2.53. The predicted octanol–water partition coefficient (Wildman–Crippen LogP) is 3.51. The number of methoxy groups -OCH3 is 2. The number of hydrogen-bond donors (Lipinski definition) is 2. The molecule has 0 saturated carbocycles. The number of amides is 2. The second kappa shape index (κ2) is 8.19. The zero-order valence-corrected chi connectivity index (χ0v) is 13.6. The molecule has 0 radical (unpaired) electrons. The molecule has 0 saturated heterocycles. The molecule has 2 aromatic carbocycles. The van der Waals surface area contributed by atoms with Crippen LogP contribution >= 0.6 is 0 Å². The van der Waals surface area contributed by atoms with E-state index < -0.39 is 0 Å². The fourth-order valence-corrected chi connectivity index (χ4v) is 2.30. The van der Waals surface area contributed by atoms with Crippen LogP contribution in [-0.4, -0.2) is 26.8 Å². The van der Waals surface area contributed by atoms with Crippen LogP contribution in [0.5, 0.6) is 5.75 Å². The minimum absolute atomic E-state index is 0.183. The van der Waals surface area contributed by atoms with Crippen molar-refractivity contribution in [3.8, 4) is 5.75 Å². The highest BCUT2D eigenvalue weighted by Gasteiger charge is 2.13. The van der Waals surface area contributed by atoms with Gasteiger partial charge in [0.2, 0.25) is 0 Å². The number of urea groups is 1. The van der Waals surface area contributed by atoms with Crippen LogP contribution in [0.4, 0.5) is 10.5 Å². The third kappa shape index (κ3) is 4.72. The maximum absolute atomic E-state index is 12.0. The van der Waals surface area contributed by atoms with Gasteiger partial charge in [0.15, 0.2) is 0 Å². The summed E-state index contributed by atoms with van der Waals surface area (Å²) in [5.41, 5.74) is 2.91. The van der Waals surface area contributed by atoms with E-state index in [0.29, 0.717) is 12.2 Å². The van der Waals surface area contributed by atoms with E-state index in [-0.39, 0.29) is 12.1 Å². The van der Waals surface area contributed by atoms with Gasteiger partial charge in [-0.25, -0.2) is 4.79 Å². The lowest BCUT2D eigenvalue weighted by molar-refractivity contribution is 0.104. The molecular formula is C18H22N2O3. The van der Waals surface area contributed by atoms with Crippen molar-refractivity contribution < 1.29 is 14.3 Å². The van der Waals surface area contributed by atoms with Gasteiger partial charge in [-0.3, -0.25) is 0 Å². The Labute approximate surface area is 136 Å². The highest BCUT2D eigenvalue weighted by molar-refractivity contribution is 5.89. The molecule has 122 valence electrons. The number of rotatable bonds is 6. The molecule has 5 nitrogen and oxygen atoms in total. The minimum Gasteiger partial charge on any atom is -0.497 e. The van der Waals surface area contributed by atoms with Gasteiger partial charge in [0.25, 0.3) is 0 Å². The molecule has 0 heterocycles. The first-order chi connectivity index (χ1) is 11.1. The standard InChI is InChI=1S/C18H22N2O3/c1-13-6-4-5-7-16(13)17(23-3)12-19-18(21)20-14-8-10-15(22-2)11-9-14/h4-11,17H,12H2,1-3H3,(H2,19,20,21). The van der Waals surface area contributed by atoms with Crippen LogP contribution in [0.1, 0.15) is 17.2 Å². The van der Waals surface area contributed by atoms with Crippen molar-refractivity contribution in [1.29, 1.82) is 0 Å². The van der Waals surface area contributed by atoms with Crippen molar-refractivity contribution in [2.45, 2.75) is 13.0 Å². The number of hydrogen-bond acceptors (Lipinski definition) is 3. The van der Waals surface area contributed by atoms with Crippen molar-refractivity contribution >= 4 is 11.7 Å². The molecule has 0 aliphatic carbocycles. The Kier molecular flexibility index (Phi) is 6.00. The molecule has 1 unspecified atom stereocenters. The summed E-state index contributed by atoms with van der Waals surface area (Å²) in [6.07, 6.45) is -0.183. The molecule has 0 spiro atoms. The molecule has 5 heteroatoms. The fraction of sp³-hybridized carbons (Fsp3) is 0.278. The number of anilines is 1. The van der Waals surface area contributed by atoms with Gasteiger partial charge < -0.3 is 20.1 Å². The van der Waals surface area contributed by atoms with Gasteiger partial charge in [-0.05, 0) is 42.3 Å². The number of aryl methyl sites for hydroxylation is 1. The van der Waals surface area contributed by atoms with Crippen molar-refractivity contribution in [2.24, 2.45) is 0 Å². The van der Waals surface area contributed by atoms with Crippen molar-refractivity contribution in [1.82, 2.24) is 5.32 Å². The molecule has 0 aliphatic heterocycles. The van der Waals surface area contributed by atoms with Gasteiger partial charge in [-0.1, -0.05) is 24.3 Å². The maximum atomic E-state index is 12.0. The summed E-state index contributed by atoms with van der Waals surface area (Å²) in [6.45, 7) is 2.42. The maximum Gasteiger partial charge on any atom is 0.319 e. The summed E-state index contributed by atoms with van der Waals surface area (Å²) in [5.74, 6) is 0.745. The highest BCUT2D eigenvalue weighted by atomic mass is 16.5. The van der Waals surface area contributed by atoms with Gasteiger partial charge in [0.05, 0.1) is 13.2 Å². The van der Waals surface area contributed by atoms with Crippen LogP contribution in [0, 0.1) is 6.92 Å². The monoisotopic (exact) mass is 314 g/mol. The SMILES string of the molecule is COc1ccc(NC(=O)NCC(OC)c2ccccc2C)cc1. The average molecular weight is 314 g/mol. The van der Waals surface area contributed by atoms with Crippen LogP contribution in [0.25, 0.3) is 0 Å². The zero-order valence-electron chi connectivity index (χ0n) is 13.6. The molecular weight excluding hydrogens is 292 g/mol. The lowest BCUT2D eigenvalue weighted by atomic mass is 10.0. The number of nitrogens with one attached hydrogen (secondary N) is 2. The number of carbonyl (C=O) groups is 1. The first-order valence-corrected chi connectivity index (χ1v) is 7.41. The fourth-order valence-electron chi connectivity index (χ4n) is 2.30. The smallest absolute Gasteiger partial charge is 0.319 e.